The second-order valence-corrected chi connectivity index (χ2v) is 14.5. The molecular formula is C37H39BN2O2. The van der Waals surface area contributed by atoms with Crippen LogP contribution in [0, 0.1) is 0 Å². The number of para-hydroxylation sites is 2. The van der Waals surface area contributed by atoms with Crippen LogP contribution >= 0.6 is 0 Å². The number of rotatable bonds is 2. The summed E-state index contributed by atoms with van der Waals surface area (Å²) in [6.07, 6.45) is -0.0262. The van der Waals surface area contributed by atoms with E-state index in [0.29, 0.717) is 0 Å². The standard InChI is InChI=1S/C37H39BN2O2/c1-34(2)24-18-12-14-20-28(24)39-31-26(34)22-27(38-41-36(5,6)37(7,8)42-38)30-32(31)40(33(39)23-16-10-9-11-17-23)29-21-15-13-19-25(29)35(30,3)4/h9-22,33H,1-8H3. The molecule has 0 aromatic heterocycles. The van der Waals surface area contributed by atoms with Crippen molar-refractivity contribution in [3.63, 3.8) is 0 Å². The number of fused-ring (bicyclic) bond motifs is 4. The van der Waals surface area contributed by atoms with Gasteiger partial charge in [-0.05, 0) is 73.1 Å². The number of benzene rings is 4. The third-order valence-corrected chi connectivity index (χ3v) is 10.9. The summed E-state index contributed by atoms with van der Waals surface area (Å²) in [6.45, 7) is 18.1. The van der Waals surface area contributed by atoms with E-state index in [2.05, 4.69) is 150 Å². The van der Waals surface area contributed by atoms with Crippen LogP contribution in [0.1, 0.15) is 89.4 Å². The van der Waals surface area contributed by atoms with Gasteiger partial charge in [-0.3, -0.25) is 0 Å². The van der Waals surface area contributed by atoms with Crippen molar-refractivity contribution in [2.24, 2.45) is 0 Å². The van der Waals surface area contributed by atoms with Crippen LogP contribution in [0.2, 0.25) is 0 Å². The van der Waals surface area contributed by atoms with E-state index in [1.165, 1.54) is 50.6 Å². The molecule has 4 aliphatic rings. The van der Waals surface area contributed by atoms with Gasteiger partial charge in [0.25, 0.3) is 0 Å². The lowest BCUT2D eigenvalue weighted by molar-refractivity contribution is 0.00578. The van der Waals surface area contributed by atoms with Gasteiger partial charge < -0.3 is 19.1 Å². The SMILES string of the molecule is CC1(C)c2ccccc2N2c3c1cc(B1OC(C)(C)C(C)(C)O1)c1c3N(c3ccccc3C1(C)C)C2c1ccccc1. The lowest BCUT2D eigenvalue weighted by Gasteiger charge is -2.43. The molecule has 0 saturated carbocycles. The molecule has 4 heterocycles. The van der Waals surface area contributed by atoms with E-state index in [0.717, 1.165) is 5.46 Å². The average molecular weight is 555 g/mol. The molecule has 1 saturated heterocycles. The summed E-state index contributed by atoms with van der Waals surface area (Å²) < 4.78 is 13.7. The minimum Gasteiger partial charge on any atom is -0.399 e. The van der Waals surface area contributed by atoms with Crippen LogP contribution in [0.4, 0.5) is 22.7 Å². The molecule has 0 bridgehead atoms. The maximum Gasteiger partial charge on any atom is 0.495 e. The van der Waals surface area contributed by atoms with Gasteiger partial charge in [-0.1, -0.05) is 100 Å². The quantitative estimate of drug-likeness (QED) is 0.233. The van der Waals surface area contributed by atoms with Crippen molar-refractivity contribution in [3.05, 3.63) is 113 Å². The van der Waals surface area contributed by atoms with Gasteiger partial charge in [-0.15, -0.1) is 0 Å². The molecule has 0 aliphatic carbocycles. The number of anilines is 4. The van der Waals surface area contributed by atoms with Crippen LogP contribution in [0.15, 0.2) is 84.9 Å². The molecule has 4 aromatic rings. The second-order valence-electron chi connectivity index (χ2n) is 14.5. The van der Waals surface area contributed by atoms with Gasteiger partial charge in [-0.2, -0.15) is 0 Å². The Morgan fingerprint density at radius 3 is 1.67 bits per heavy atom. The molecule has 8 rings (SSSR count). The molecular weight excluding hydrogens is 515 g/mol. The summed E-state index contributed by atoms with van der Waals surface area (Å²) in [7, 11) is -0.463. The summed E-state index contributed by atoms with van der Waals surface area (Å²) >= 11 is 0. The fraction of sp³-hybridized carbons (Fsp3) is 0.351. The highest BCUT2D eigenvalue weighted by Gasteiger charge is 2.58. The van der Waals surface area contributed by atoms with Gasteiger partial charge in [0.2, 0.25) is 0 Å². The highest BCUT2D eigenvalue weighted by atomic mass is 16.7. The highest BCUT2D eigenvalue weighted by Crippen LogP contribution is 2.66. The van der Waals surface area contributed by atoms with Crippen molar-refractivity contribution in [2.45, 2.75) is 83.6 Å². The molecule has 0 radical (unpaired) electrons. The van der Waals surface area contributed by atoms with E-state index in [1.54, 1.807) is 0 Å². The lowest BCUT2D eigenvalue weighted by Crippen LogP contribution is -2.45. The zero-order valence-electron chi connectivity index (χ0n) is 25.9. The molecule has 0 N–H and O–H groups in total. The zero-order chi connectivity index (χ0) is 29.4. The fourth-order valence-electron chi connectivity index (χ4n) is 7.94. The first-order valence-corrected chi connectivity index (χ1v) is 15.3. The maximum atomic E-state index is 6.83. The van der Waals surface area contributed by atoms with Gasteiger partial charge in [-0.25, -0.2) is 0 Å². The van der Waals surface area contributed by atoms with E-state index < -0.39 is 18.3 Å². The average Bonchev–Trinajstić information content (AvgIpc) is 3.42. The molecule has 4 aromatic carbocycles. The Hall–Kier alpha value is -3.54. The number of hydrogen-bond acceptors (Lipinski definition) is 4. The van der Waals surface area contributed by atoms with E-state index in [1.807, 2.05) is 0 Å². The third kappa shape index (κ3) is 3.11. The number of nitrogens with zero attached hydrogens (tertiary/aromatic N) is 2. The van der Waals surface area contributed by atoms with Gasteiger partial charge in [0.15, 0.2) is 0 Å². The van der Waals surface area contributed by atoms with E-state index in [4.69, 9.17) is 9.31 Å². The summed E-state index contributed by atoms with van der Waals surface area (Å²) in [5, 5.41) is 0. The molecule has 1 unspecified atom stereocenters. The Morgan fingerprint density at radius 2 is 1.07 bits per heavy atom. The zero-order valence-corrected chi connectivity index (χ0v) is 25.9. The minimum atomic E-state index is -0.463. The van der Waals surface area contributed by atoms with Crippen LogP contribution in [-0.2, 0) is 20.1 Å². The molecule has 1 fully saturated rings. The van der Waals surface area contributed by atoms with Crippen molar-refractivity contribution in [1.29, 1.82) is 0 Å². The van der Waals surface area contributed by atoms with Crippen LogP contribution in [0.5, 0.6) is 0 Å². The summed E-state index contributed by atoms with van der Waals surface area (Å²) in [6, 6.07) is 31.4. The molecule has 1 atom stereocenters. The lowest BCUT2D eigenvalue weighted by atomic mass is 9.61. The predicted molar refractivity (Wildman–Crippen MR) is 173 cm³/mol. The molecule has 4 nitrogen and oxygen atoms in total. The predicted octanol–water partition coefficient (Wildman–Crippen LogP) is 8.25. The van der Waals surface area contributed by atoms with Crippen molar-refractivity contribution in [2.75, 3.05) is 9.80 Å². The molecule has 212 valence electrons. The minimum absolute atomic E-state index is 0.0262. The van der Waals surface area contributed by atoms with E-state index in [9.17, 15) is 0 Å². The summed E-state index contributed by atoms with van der Waals surface area (Å²) in [5.74, 6) is 0. The smallest absolute Gasteiger partial charge is 0.399 e. The topological polar surface area (TPSA) is 24.9 Å². The van der Waals surface area contributed by atoms with Crippen molar-refractivity contribution in [3.8, 4) is 0 Å². The van der Waals surface area contributed by atoms with Gasteiger partial charge in [0.1, 0.15) is 6.17 Å². The van der Waals surface area contributed by atoms with E-state index in [-0.39, 0.29) is 17.0 Å². The van der Waals surface area contributed by atoms with Crippen molar-refractivity contribution < 1.29 is 9.31 Å². The first kappa shape index (κ1) is 26.1. The Balaban J connectivity index is 1.52. The van der Waals surface area contributed by atoms with Gasteiger partial charge in [0.05, 0.1) is 22.6 Å². The molecule has 0 amide bonds. The van der Waals surface area contributed by atoms with Crippen LogP contribution in [-0.4, -0.2) is 18.3 Å². The van der Waals surface area contributed by atoms with Gasteiger partial charge in [0, 0.05) is 22.2 Å². The Labute approximate surface area is 250 Å². The fourth-order valence-corrected chi connectivity index (χ4v) is 7.94. The molecule has 5 heteroatoms. The normalized spacial score (nSPS) is 23.0. The molecule has 4 aliphatic heterocycles. The van der Waals surface area contributed by atoms with Crippen LogP contribution in [0.3, 0.4) is 0 Å². The first-order valence-electron chi connectivity index (χ1n) is 15.3. The maximum absolute atomic E-state index is 6.83. The van der Waals surface area contributed by atoms with Crippen molar-refractivity contribution >= 4 is 35.3 Å². The number of hydrogen-bond donors (Lipinski definition) is 0. The first-order chi connectivity index (χ1) is 19.9. The van der Waals surface area contributed by atoms with E-state index >= 15 is 0 Å². The summed E-state index contributed by atoms with van der Waals surface area (Å²) in [4.78, 5) is 5.22. The van der Waals surface area contributed by atoms with Crippen LogP contribution < -0.4 is 15.3 Å². The monoisotopic (exact) mass is 554 g/mol. The second kappa shape index (κ2) is 8.09. The Morgan fingerprint density at radius 1 is 0.571 bits per heavy atom. The van der Waals surface area contributed by atoms with Crippen molar-refractivity contribution in [1.82, 2.24) is 0 Å². The van der Waals surface area contributed by atoms with Gasteiger partial charge >= 0.3 is 7.12 Å². The molecule has 42 heavy (non-hydrogen) atoms. The Bertz CT molecular complexity index is 1760. The third-order valence-electron chi connectivity index (χ3n) is 10.9. The van der Waals surface area contributed by atoms with Crippen LogP contribution in [0.25, 0.3) is 0 Å². The summed E-state index contributed by atoms with van der Waals surface area (Å²) in [5.41, 5.74) is 11.5. The highest BCUT2D eigenvalue weighted by molar-refractivity contribution is 6.63. The molecule has 0 spiro atoms. The largest absolute Gasteiger partial charge is 0.495 e. The Kier molecular flexibility index (Phi) is 5.03.